The van der Waals surface area contributed by atoms with Crippen molar-refractivity contribution in [2.45, 2.75) is 30.6 Å². The molecule has 5 unspecified atom stereocenters. The van der Waals surface area contributed by atoms with Crippen molar-refractivity contribution in [3.63, 3.8) is 0 Å². The average molecular weight is 230 g/mol. The summed E-state index contributed by atoms with van der Waals surface area (Å²) in [6, 6.07) is 0. The van der Waals surface area contributed by atoms with Gasteiger partial charge in [0.2, 0.25) is 0 Å². The van der Waals surface area contributed by atoms with Crippen LogP contribution in [0.2, 0.25) is 5.54 Å². The minimum absolute atomic E-state index is 0.450. The van der Waals surface area contributed by atoms with Crippen molar-refractivity contribution in [2.24, 2.45) is 11.8 Å². The molecule has 3 rings (SSSR count). The van der Waals surface area contributed by atoms with Crippen molar-refractivity contribution in [2.75, 3.05) is 21.3 Å². The van der Waals surface area contributed by atoms with Crippen LogP contribution in [0.15, 0.2) is 0 Å². The van der Waals surface area contributed by atoms with Gasteiger partial charge in [-0.3, -0.25) is 0 Å². The molecule has 0 aromatic rings. The highest BCUT2D eigenvalue weighted by Crippen LogP contribution is 2.63. The van der Waals surface area contributed by atoms with E-state index in [4.69, 9.17) is 18.0 Å². The van der Waals surface area contributed by atoms with Gasteiger partial charge in [-0.1, -0.05) is 0 Å². The van der Waals surface area contributed by atoms with Crippen molar-refractivity contribution in [3.05, 3.63) is 0 Å². The molecule has 0 aromatic heterocycles. The monoisotopic (exact) mass is 230 g/mol. The Balaban J connectivity index is 1.82. The van der Waals surface area contributed by atoms with E-state index >= 15 is 0 Å². The molecule has 0 amide bonds. The van der Waals surface area contributed by atoms with Crippen LogP contribution in [0, 0.1) is 11.8 Å². The molecule has 2 saturated carbocycles. The molecule has 2 bridgehead atoms. The maximum atomic E-state index is 5.65. The van der Waals surface area contributed by atoms with Crippen LogP contribution in [0.25, 0.3) is 0 Å². The van der Waals surface area contributed by atoms with E-state index in [-0.39, 0.29) is 0 Å². The molecule has 0 radical (unpaired) electrons. The molecular weight excluding hydrogens is 212 g/mol. The molecular formula is C10H18O4Si. The molecule has 0 spiro atoms. The van der Waals surface area contributed by atoms with Gasteiger partial charge in [-0.25, -0.2) is 0 Å². The van der Waals surface area contributed by atoms with Crippen LogP contribution in [0.4, 0.5) is 0 Å². The maximum Gasteiger partial charge on any atom is 0.503 e. The van der Waals surface area contributed by atoms with Gasteiger partial charge >= 0.3 is 8.80 Å². The third-order valence-electron chi connectivity index (χ3n) is 4.40. The highest BCUT2D eigenvalue weighted by Gasteiger charge is 2.69. The topological polar surface area (TPSA) is 40.2 Å². The van der Waals surface area contributed by atoms with E-state index in [0.717, 1.165) is 12.3 Å². The van der Waals surface area contributed by atoms with Gasteiger partial charge in [0.05, 0.1) is 12.2 Å². The van der Waals surface area contributed by atoms with Gasteiger partial charge in [-0.15, -0.1) is 0 Å². The summed E-state index contributed by atoms with van der Waals surface area (Å²) in [6.45, 7) is 0. The van der Waals surface area contributed by atoms with Crippen molar-refractivity contribution < 1.29 is 18.0 Å². The van der Waals surface area contributed by atoms with Gasteiger partial charge in [0.25, 0.3) is 0 Å². The first-order chi connectivity index (χ1) is 7.25. The van der Waals surface area contributed by atoms with Crippen molar-refractivity contribution in [1.29, 1.82) is 0 Å². The molecule has 0 aromatic carbocycles. The Hall–Kier alpha value is 0.0569. The number of epoxide rings is 1. The highest BCUT2D eigenvalue weighted by atomic mass is 28.4. The third kappa shape index (κ3) is 1.21. The van der Waals surface area contributed by atoms with Crippen LogP contribution in [-0.2, 0) is 18.0 Å². The van der Waals surface area contributed by atoms with Crippen molar-refractivity contribution in [1.82, 2.24) is 0 Å². The second kappa shape index (κ2) is 3.27. The molecule has 5 atom stereocenters. The van der Waals surface area contributed by atoms with Gasteiger partial charge in [0.15, 0.2) is 0 Å². The molecule has 3 fully saturated rings. The number of fused-ring (bicyclic) bond motifs is 5. The molecule has 1 heterocycles. The van der Waals surface area contributed by atoms with E-state index < -0.39 is 8.80 Å². The summed E-state index contributed by atoms with van der Waals surface area (Å²) < 4.78 is 22.4. The lowest BCUT2D eigenvalue weighted by atomic mass is 10.0. The van der Waals surface area contributed by atoms with Crippen LogP contribution in [-0.4, -0.2) is 42.3 Å². The maximum absolute atomic E-state index is 5.65. The van der Waals surface area contributed by atoms with E-state index in [0.29, 0.717) is 23.7 Å². The molecule has 0 N–H and O–H groups in total. The van der Waals surface area contributed by atoms with Crippen LogP contribution in [0.3, 0.4) is 0 Å². The summed E-state index contributed by atoms with van der Waals surface area (Å²) in [7, 11) is 2.68. The Morgan fingerprint density at radius 2 is 1.67 bits per heavy atom. The fourth-order valence-electron chi connectivity index (χ4n) is 3.71. The smallest absolute Gasteiger partial charge is 0.377 e. The molecule has 3 aliphatic rings. The number of hydrogen-bond acceptors (Lipinski definition) is 4. The van der Waals surface area contributed by atoms with Crippen LogP contribution in [0.5, 0.6) is 0 Å². The Morgan fingerprint density at radius 3 is 2.13 bits per heavy atom. The fraction of sp³-hybridized carbons (Fsp3) is 1.00. The van der Waals surface area contributed by atoms with Gasteiger partial charge in [0, 0.05) is 26.9 Å². The van der Waals surface area contributed by atoms with Crippen LogP contribution >= 0.6 is 0 Å². The fourth-order valence-corrected chi connectivity index (χ4v) is 6.56. The van der Waals surface area contributed by atoms with Gasteiger partial charge < -0.3 is 18.0 Å². The Labute approximate surface area is 91.2 Å². The van der Waals surface area contributed by atoms with Crippen LogP contribution in [0.1, 0.15) is 12.8 Å². The number of ether oxygens (including phenoxy) is 1. The summed E-state index contributed by atoms with van der Waals surface area (Å²) in [5.74, 6) is 1.35. The Kier molecular flexibility index (Phi) is 2.23. The van der Waals surface area contributed by atoms with E-state index in [2.05, 4.69) is 0 Å². The Bertz CT molecular complexity index is 260. The second-order valence-electron chi connectivity index (χ2n) is 4.78. The summed E-state index contributed by atoms with van der Waals surface area (Å²) in [4.78, 5) is 0. The number of hydrogen-bond donors (Lipinski definition) is 0. The van der Waals surface area contributed by atoms with E-state index in [1.54, 1.807) is 21.3 Å². The lowest BCUT2D eigenvalue weighted by molar-refractivity contribution is 0.101. The molecule has 1 saturated heterocycles. The summed E-state index contributed by atoms with van der Waals surface area (Å²) in [5, 5.41) is 0. The molecule has 2 aliphatic carbocycles. The summed E-state index contributed by atoms with van der Waals surface area (Å²) in [6.07, 6.45) is 3.49. The normalized spacial score (nSPS) is 47.0. The summed E-state index contributed by atoms with van der Waals surface area (Å²) in [5.41, 5.74) is 0.450. The standard InChI is InChI=1S/C10H18O4Si/c1-11-15(12-2,13-3)8-5-6-4-7(8)10-9(6)14-10/h6-10H,4-5H2,1-3H3. The van der Waals surface area contributed by atoms with Gasteiger partial charge in [0.1, 0.15) is 0 Å². The largest absolute Gasteiger partial charge is 0.503 e. The molecule has 5 heteroatoms. The lowest BCUT2D eigenvalue weighted by Crippen LogP contribution is -2.50. The highest BCUT2D eigenvalue weighted by molar-refractivity contribution is 6.62. The number of rotatable bonds is 4. The zero-order valence-electron chi connectivity index (χ0n) is 9.43. The first-order valence-electron chi connectivity index (χ1n) is 5.56. The van der Waals surface area contributed by atoms with E-state index in [1.165, 1.54) is 6.42 Å². The zero-order chi connectivity index (χ0) is 10.6. The van der Waals surface area contributed by atoms with E-state index in [1.807, 2.05) is 0 Å². The van der Waals surface area contributed by atoms with E-state index in [9.17, 15) is 0 Å². The van der Waals surface area contributed by atoms with Crippen molar-refractivity contribution >= 4 is 8.80 Å². The van der Waals surface area contributed by atoms with Crippen molar-refractivity contribution in [3.8, 4) is 0 Å². The first-order valence-corrected chi connectivity index (χ1v) is 7.37. The molecule has 86 valence electrons. The SMILES string of the molecule is CO[Si](OC)(OC)C1CC2CC1C1OC21. The van der Waals surface area contributed by atoms with Gasteiger partial charge in [-0.2, -0.15) is 0 Å². The summed E-state index contributed by atoms with van der Waals surface area (Å²) >= 11 is 0. The minimum Gasteiger partial charge on any atom is -0.377 e. The molecule has 4 nitrogen and oxygen atoms in total. The van der Waals surface area contributed by atoms with Gasteiger partial charge in [-0.05, 0) is 24.7 Å². The predicted molar refractivity (Wildman–Crippen MR) is 55.4 cm³/mol. The minimum atomic E-state index is -2.43. The van der Waals surface area contributed by atoms with Crippen LogP contribution < -0.4 is 0 Å². The molecule has 1 aliphatic heterocycles. The third-order valence-corrected chi connectivity index (χ3v) is 7.68. The Morgan fingerprint density at radius 1 is 1.00 bits per heavy atom. The average Bonchev–Trinajstić information content (AvgIpc) is 2.89. The molecule has 15 heavy (non-hydrogen) atoms. The predicted octanol–water partition coefficient (Wildman–Crippen LogP) is 1.04. The lowest BCUT2D eigenvalue weighted by Gasteiger charge is -2.33. The second-order valence-corrected chi connectivity index (χ2v) is 7.96. The zero-order valence-corrected chi connectivity index (χ0v) is 10.4. The quantitative estimate of drug-likeness (QED) is 0.534. The first kappa shape index (κ1) is 10.2.